The van der Waals surface area contributed by atoms with Gasteiger partial charge in [0.25, 0.3) is 0 Å². The van der Waals surface area contributed by atoms with Crippen molar-refractivity contribution in [1.29, 1.82) is 0 Å². The largest absolute Gasteiger partial charge is 0.394 e. The molecule has 1 aromatic carbocycles. The Bertz CT molecular complexity index is 563. The van der Waals surface area contributed by atoms with E-state index in [0.717, 1.165) is 12.1 Å². The van der Waals surface area contributed by atoms with Crippen LogP contribution in [0.1, 0.15) is 0 Å². The highest BCUT2D eigenvalue weighted by molar-refractivity contribution is 9.10. The Morgan fingerprint density at radius 3 is 2.44 bits per heavy atom. The van der Waals surface area contributed by atoms with Crippen LogP contribution in [-0.2, 0) is 6.54 Å². The summed E-state index contributed by atoms with van der Waals surface area (Å²) in [6, 6.07) is 3.67. The first kappa shape index (κ1) is 13.0. The molecule has 7 heteroatoms. The third-order valence-electron chi connectivity index (χ3n) is 2.39. The average molecular weight is 318 g/mol. The third-order valence-corrected chi connectivity index (χ3v) is 2.84. The van der Waals surface area contributed by atoms with Crippen LogP contribution in [0.2, 0.25) is 0 Å². The predicted octanol–water partition coefficient (Wildman–Crippen LogP) is 2.17. The van der Waals surface area contributed by atoms with Crippen molar-refractivity contribution in [1.82, 2.24) is 9.78 Å². The fourth-order valence-electron chi connectivity index (χ4n) is 1.61. The Hall–Kier alpha value is -1.47. The van der Waals surface area contributed by atoms with Crippen molar-refractivity contribution >= 4 is 21.7 Å². The minimum Gasteiger partial charge on any atom is -0.394 e. The first-order valence-electron chi connectivity index (χ1n) is 5.12. The van der Waals surface area contributed by atoms with E-state index in [0.29, 0.717) is 4.47 Å². The molecule has 0 spiro atoms. The van der Waals surface area contributed by atoms with Crippen molar-refractivity contribution in [3.05, 3.63) is 34.3 Å². The summed E-state index contributed by atoms with van der Waals surface area (Å²) in [6.45, 7) is 0.0161. The SMILES string of the molecule is Nc1cc(-c2c(F)cc(Br)cc2F)nn1CCO. The van der Waals surface area contributed by atoms with Gasteiger partial charge in [-0.25, -0.2) is 13.5 Å². The van der Waals surface area contributed by atoms with Crippen molar-refractivity contribution in [3.8, 4) is 11.3 Å². The van der Waals surface area contributed by atoms with E-state index < -0.39 is 11.6 Å². The van der Waals surface area contributed by atoms with Crippen molar-refractivity contribution in [2.45, 2.75) is 6.54 Å². The van der Waals surface area contributed by atoms with Gasteiger partial charge in [-0.1, -0.05) is 15.9 Å². The number of aliphatic hydroxyl groups excluding tert-OH is 1. The van der Waals surface area contributed by atoms with Crippen LogP contribution in [0.5, 0.6) is 0 Å². The van der Waals surface area contributed by atoms with E-state index in [9.17, 15) is 8.78 Å². The molecule has 0 radical (unpaired) electrons. The minimum atomic E-state index is -0.726. The van der Waals surface area contributed by atoms with Crippen molar-refractivity contribution in [3.63, 3.8) is 0 Å². The van der Waals surface area contributed by atoms with E-state index in [1.807, 2.05) is 0 Å². The lowest BCUT2D eigenvalue weighted by atomic mass is 10.1. The summed E-state index contributed by atoms with van der Waals surface area (Å²) < 4.78 is 29.0. The second kappa shape index (κ2) is 5.03. The van der Waals surface area contributed by atoms with Crippen LogP contribution in [-0.4, -0.2) is 21.5 Å². The van der Waals surface area contributed by atoms with E-state index in [-0.39, 0.29) is 30.2 Å². The number of aliphatic hydroxyl groups is 1. The lowest BCUT2D eigenvalue weighted by Gasteiger charge is -2.02. The number of halogens is 3. The Balaban J connectivity index is 2.52. The molecule has 0 aliphatic heterocycles. The quantitative estimate of drug-likeness (QED) is 0.911. The van der Waals surface area contributed by atoms with Gasteiger partial charge in [-0.3, -0.25) is 0 Å². The van der Waals surface area contributed by atoms with Gasteiger partial charge in [-0.15, -0.1) is 0 Å². The topological polar surface area (TPSA) is 64.1 Å². The number of hydrogen-bond acceptors (Lipinski definition) is 3. The van der Waals surface area contributed by atoms with E-state index in [4.69, 9.17) is 10.8 Å². The number of anilines is 1. The molecule has 0 saturated carbocycles. The summed E-state index contributed by atoms with van der Waals surface area (Å²) in [5.74, 6) is -1.22. The highest BCUT2D eigenvalue weighted by Crippen LogP contribution is 2.29. The Morgan fingerprint density at radius 2 is 1.89 bits per heavy atom. The maximum Gasteiger partial charge on any atom is 0.136 e. The van der Waals surface area contributed by atoms with Crippen LogP contribution in [0, 0.1) is 11.6 Å². The number of aromatic nitrogens is 2. The Labute approximate surface area is 110 Å². The smallest absolute Gasteiger partial charge is 0.136 e. The van der Waals surface area contributed by atoms with E-state index >= 15 is 0 Å². The molecular weight excluding hydrogens is 308 g/mol. The summed E-state index contributed by atoms with van der Waals surface area (Å²) in [5.41, 5.74) is 5.50. The number of nitrogens with two attached hydrogens (primary N) is 1. The summed E-state index contributed by atoms with van der Waals surface area (Å²) in [5, 5.41) is 12.8. The second-order valence-electron chi connectivity index (χ2n) is 3.65. The Kier molecular flexibility index (Phi) is 3.63. The number of nitrogen functional groups attached to an aromatic ring is 1. The molecule has 1 aromatic heterocycles. The van der Waals surface area contributed by atoms with E-state index in [2.05, 4.69) is 21.0 Å². The summed E-state index contributed by atoms with van der Waals surface area (Å²) >= 11 is 3.00. The van der Waals surface area contributed by atoms with Crippen LogP contribution in [0.4, 0.5) is 14.6 Å². The fourth-order valence-corrected chi connectivity index (χ4v) is 2.02. The summed E-state index contributed by atoms with van der Waals surface area (Å²) in [6.07, 6.45) is 0. The van der Waals surface area contributed by atoms with Crippen molar-refractivity contribution in [2.24, 2.45) is 0 Å². The van der Waals surface area contributed by atoms with Crippen molar-refractivity contribution < 1.29 is 13.9 Å². The zero-order valence-electron chi connectivity index (χ0n) is 9.20. The second-order valence-corrected chi connectivity index (χ2v) is 4.56. The van der Waals surface area contributed by atoms with Crippen LogP contribution in [0.3, 0.4) is 0 Å². The molecule has 0 amide bonds. The number of nitrogens with zero attached hydrogens (tertiary/aromatic N) is 2. The molecular formula is C11H10BrF2N3O. The first-order valence-corrected chi connectivity index (χ1v) is 5.91. The average Bonchev–Trinajstić information content (AvgIpc) is 2.59. The van der Waals surface area contributed by atoms with Gasteiger partial charge < -0.3 is 10.8 Å². The van der Waals surface area contributed by atoms with E-state index in [1.165, 1.54) is 10.7 Å². The highest BCUT2D eigenvalue weighted by atomic mass is 79.9. The molecule has 0 unspecified atom stereocenters. The molecule has 2 rings (SSSR count). The number of hydrogen-bond donors (Lipinski definition) is 2. The van der Waals surface area contributed by atoms with E-state index in [1.54, 1.807) is 0 Å². The van der Waals surface area contributed by atoms with Crippen molar-refractivity contribution in [2.75, 3.05) is 12.3 Å². The molecule has 96 valence electrons. The molecule has 0 saturated heterocycles. The summed E-state index contributed by atoms with van der Waals surface area (Å²) in [7, 11) is 0. The van der Waals surface area contributed by atoms with Crippen LogP contribution >= 0.6 is 15.9 Å². The van der Waals surface area contributed by atoms with Gasteiger partial charge >= 0.3 is 0 Å². The molecule has 1 heterocycles. The first-order chi connectivity index (χ1) is 8.52. The molecule has 4 nitrogen and oxygen atoms in total. The Morgan fingerprint density at radius 1 is 1.28 bits per heavy atom. The molecule has 0 bridgehead atoms. The number of benzene rings is 1. The van der Waals surface area contributed by atoms with Gasteiger partial charge in [0.1, 0.15) is 23.1 Å². The zero-order chi connectivity index (χ0) is 13.3. The van der Waals surface area contributed by atoms with Gasteiger partial charge in [0.2, 0.25) is 0 Å². The van der Waals surface area contributed by atoms with Gasteiger partial charge in [-0.05, 0) is 12.1 Å². The molecule has 0 fully saturated rings. The normalized spacial score (nSPS) is 10.9. The highest BCUT2D eigenvalue weighted by Gasteiger charge is 2.16. The standard InChI is InChI=1S/C11H10BrF2N3O/c12-6-3-7(13)11(8(14)4-6)9-5-10(15)17(16-9)1-2-18/h3-5,18H,1-2,15H2. The maximum atomic E-state index is 13.7. The summed E-state index contributed by atoms with van der Waals surface area (Å²) in [4.78, 5) is 0. The predicted molar refractivity (Wildman–Crippen MR) is 66.8 cm³/mol. The molecule has 0 aliphatic carbocycles. The van der Waals surface area contributed by atoms with Crippen LogP contribution in [0.25, 0.3) is 11.3 Å². The van der Waals surface area contributed by atoms with Gasteiger partial charge in [0.05, 0.1) is 18.7 Å². The molecule has 0 aliphatic rings. The number of rotatable bonds is 3. The molecule has 0 atom stereocenters. The molecule has 3 N–H and O–H groups in total. The monoisotopic (exact) mass is 317 g/mol. The lowest BCUT2D eigenvalue weighted by molar-refractivity contribution is 0.270. The molecule has 18 heavy (non-hydrogen) atoms. The fraction of sp³-hybridized carbons (Fsp3) is 0.182. The van der Waals surface area contributed by atoms with Gasteiger partial charge in [0, 0.05) is 10.5 Å². The van der Waals surface area contributed by atoms with Crippen LogP contribution in [0.15, 0.2) is 22.7 Å². The maximum absolute atomic E-state index is 13.7. The van der Waals surface area contributed by atoms with Crippen LogP contribution < -0.4 is 5.73 Å². The zero-order valence-corrected chi connectivity index (χ0v) is 10.8. The van der Waals surface area contributed by atoms with Gasteiger partial charge in [-0.2, -0.15) is 5.10 Å². The van der Waals surface area contributed by atoms with Gasteiger partial charge in [0.15, 0.2) is 0 Å². The minimum absolute atomic E-state index is 0.100. The lowest BCUT2D eigenvalue weighted by Crippen LogP contribution is -2.07. The third kappa shape index (κ3) is 2.37. The molecule has 2 aromatic rings.